The highest BCUT2D eigenvalue weighted by Crippen LogP contribution is 1.89. The van der Waals surface area contributed by atoms with Gasteiger partial charge >= 0.3 is 5.97 Å². The Labute approximate surface area is 62.8 Å². The molecular weight excluding hydrogens is 167 g/mol. The fraction of sp³-hybridized carbons (Fsp3) is 0.750. The van der Waals surface area contributed by atoms with Crippen molar-refractivity contribution in [2.45, 2.75) is 19.5 Å². The quantitative estimate of drug-likeness (QED) is 0.621. The lowest BCUT2D eigenvalue weighted by molar-refractivity contribution is -0.140. The second-order valence-electron chi connectivity index (χ2n) is 1.53. The Bertz CT molecular complexity index is 111. The van der Waals surface area contributed by atoms with E-state index in [0.29, 0.717) is 0 Å². The van der Waals surface area contributed by atoms with Crippen molar-refractivity contribution in [3.05, 3.63) is 0 Å². The van der Waals surface area contributed by atoms with Gasteiger partial charge in [-0.05, 0) is 6.92 Å². The molecule has 0 aromatic carbocycles. The molecule has 10 heavy (non-hydrogen) atoms. The fourth-order valence-electron chi connectivity index (χ4n) is 0.260. The fourth-order valence-corrected chi connectivity index (χ4v) is 0.260. The summed E-state index contributed by atoms with van der Waals surface area (Å²) in [6, 6.07) is -1.19. The molecule has 0 amide bonds. The molecule has 0 saturated heterocycles. The number of alkyl halides is 2. The molecule has 0 aliphatic heterocycles. The number of nitrogens with one attached hydrogen (secondary N) is 1. The van der Waals surface area contributed by atoms with Gasteiger partial charge in [0.25, 0.3) is 6.55 Å². The van der Waals surface area contributed by atoms with Crippen molar-refractivity contribution >= 4 is 18.4 Å². The summed E-state index contributed by atoms with van der Waals surface area (Å²) in [6.45, 7) is -1.62. The molecule has 0 aromatic rings. The van der Waals surface area contributed by atoms with E-state index in [1.807, 2.05) is 0 Å². The van der Waals surface area contributed by atoms with Gasteiger partial charge in [0.1, 0.15) is 6.04 Å². The number of hydrogen-bond donors (Lipinski definition) is 2. The summed E-state index contributed by atoms with van der Waals surface area (Å²) in [7, 11) is 0. The first-order chi connectivity index (χ1) is 4.04. The van der Waals surface area contributed by atoms with Crippen LogP contribution in [0.3, 0.4) is 0 Å². The van der Waals surface area contributed by atoms with Gasteiger partial charge in [-0.3, -0.25) is 4.79 Å². The van der Waals surface area contributed by atoms with E-state index >= 15 is 0 Å². The third-order valence-electron chi connectivity index (χ3n) is 0.746. The van der Waals surface area contributed by atoms with Crippen molar-refractivity contribution < 1.29 is 18.7 Å². The highest BCUT2D eigenvalue weighted by Gasteiger charge is 2.13. The van der Waals surface area contributed by atoms with Crippen molar-refractivity contribution in [3.8, 4) is 0 Å². The van der Waals surface area contributed by atoms with Gasteiger partial charge < -0.3 is 5.11 Å². The van der Waals surface area contributed by atoms with Gasteiger partial charge in [0.15, 0.2) is 0 Å². The lowest BCUT2D eigenvalue weighted by Gasteiger charge is -2.05. The van der Waals surface area contributed by atoms with Crippen LogP contribution in [-0.4, -0.2) is 23.7 Å². The van der Waals surface area contributed by atoms with Crippen LogP contribution < -0.4 is 5.32 Å². The molecule has 0 fully saturated rings. The third-order valence-corrected chi connectivity index (χ3v) is 0.746. The van der Waals surface area contributed by atoms with Gasteiger partial charge in [0.2, 0.25) is 0 Å². The molecule has 0 unspecified atom stereocenters. The molecule has 0 radical (unpaired) electrons. The second-order valence-corrected chi connectivity index (χ2v) is 1.53. The molecule has 62 valence electrons. The molecule has 0 saturated carbocycles. The van der Waals surface area contributed by atoms with Crippen LogP contribution in [0.4, 0.5) is 8.78 Å². The Morgan fingerprint density at radius 1 is 1.60 bits per heavy atom. The predicted octanol–water partition coefficient (Wildman–Crippen LogP) is 0.694. The van der Waals surface area contributed by atoms with Crippen molar-refractivity contribution in [2.75, 3.05) is 0 Å². The largest absolute Gasteiger partial charge is 0.480 e. The first kappa shape index (κ1) is 12.3. The van der Waals surface area contributed by atoms with Crippen molar-refractivity contribution in [1.29, 1.82) is 0 Å². The normalized spacial score (nSPS) is 12.4. The number of rotatable bonds is 3. The highest BCUT2D eigenvalue weighted by molar-refractivity contribution is 5.85. The van der Waals surface area contributed by atoms with E-state index in [2.05, 4.69) is 0 Å². The highest BCUT2D eigenvalue weighted by atomic mass is 35.5. The lowest BCUT2D eigenvalue weighted by atomic mass is 10.4. The number of aliphatic carboxylic acids is 1. The zero-order valence-corrected chi connectivity index (χ0v) is 5.99. The van der Waals surface area contributed by atoms with Crippen molar-refractivity contribution in [2.24, 2.45) is 0 Å². The van der Waals surface area contributed by atoms with E-state index in [4.69, 9.17) is 5.11 Å². The van der Waals surface area contributed by atoms with Crippen LogP contribution >= 0.6 is 12.4 Å². The van der Waals surface area contributed by atoms with Gasteiger partial charge in [-0.15, -0.1) is 12.4 Å². The summed E-state index contributed by atoms with van der Waals surface area (Å²) in [5.74, 6) is -1.28. The molecule has 0 rings (SSSR count). The van der Waals surface area contributed by atoms with Crippen LogP contribution in [0.2, 0.25) is 0 Å². The average molecular weight is 176 g/mol. The Hall–Kier alpha value is -0.420. The smallest absolute Gasteiger partial charge is 0.320 e. The number of carboxylic acid groups (broad SMARTS) is 1. The molecule has 0 aliphatic carbocycles. The Morgan fingerprint density at radius 2 is 2.00 bits per heavy atom. The summed E-state index contributed by atoms with van der Waals surface area (Å²) >= 11 is 0. The molecule has 0 bridgehead atoms. The van der Waals surface area contributed by atoms with Crippen LogP contribution in [-0.2, 0) is 4.79 Å². The second kappa shape index (κ2) is 5.37. The number of carboxylic acids is 1. The van der Waals surface area contributed by atoms with Gasteiger partial charge in [0.05, 0.1) is 0 Å². The molecule has 6 heteroatoms. The maximum atomic E-state index is 11.3. The lowest BCUT2D eigenvalue weighted by Crippen LogP contribution is -2.36. The van der Waals surface area contributed by atoms with E-state index < -0.39 is 18.6 Å². The first-order valence-corrected chi connectivity index (χ1v) is 2.31. The maximum absolute atomic E-state index is 11.3. The number of hydrogen-bond acceptors (Lipinski definition) is 2. The topological polar surface area (TPSA) is 49.3 Å². The summed E-state index contributed by atoms with van der Waals surface area (Å²) < 4.78 is 22.5. The van der Waals surface area contributed by atoms with Crippen LogP contribution in [0.5, 0.6) is 0 Å². The van der Waals surface area contributed by atoms with Crippen LogP contribution in [0, 0.1) is 0 Å². The molecule has 0 aliphatic rings. The van der Waals surface area contributed by atoms with E-state index in [1.54, 1.807) is 0 Å². The van der Waals surface area contributed by atoms with E-state index in [1.165, 1.54) is 5.32 Å². The molecule has 0 heterocycles. The van der Waals surface area contributed by atoms with Gasteiger partial charge in [0, 0.05) is 0 Å². The molecular formula is C4H8ClF2NO2. The molecule has 2 N–H and O–H groups in total. The first-order valence-electron chi connectivity index (χ1n) is 2.31. The minimum absolute atomic E-state index is 0. The Balaban J connectivity index is 0. The van der Waals surface area contributed by atoms with Gasteiger partial charge in [-0.1, -0.05) is 0 Å². The van der Waals surface area contributed by atoms with Gasteiger partial charge in [-0.2, -0.15) is 8.78 Å². The van der Waals surface area contributed by atoms with Crippen LogP contribution in [0.15, 0.2) is 0 Å². The minimum atomic E-state index is -2.77. The SMILES string of the molecule is C[C@H](NC(F)F)C(=O)O.Cl. The standard InChI is InChI=1S/C4H7F2NO2.ClH/c1-2(3(8)9)7-4(5)6;/h2,4,7H,1H3,(H,8,9);1H/t2-;/m0./s1. The zero-order chi connectivity index (χ0) is 7.44. The van der Waals surface area contributed by atoms with Gasteiger partial charge in [-0.25, -0.2) is 5.32 Å². The summed E-state index contributed by atoms with van der Waals surface area (Å²) in [5.41, 5.74) is 0. The van der Waals surface area contributed by atoms with E-state index in [9.17, 15) is 13.6 Å². The third kappa shape index (κ3) is 5.71. The van der Waals surface area contributed by atoms with E-state index in [-0.39, 0.29) is 12.4 Å². The number of carbonyl (C=O) groups is 1. The van der Waals surface area contributed by atoms with Crippen molar-refractivity contribution in [3.63, 3.8) is 0 Å². The number of halogens is 3. The average Bonchev–Trinajstić information content (AvgIpc) is 1.63. The van der Waals surface area contributed by atoms with Crippen LogP contribution in [0.25, 0.3) is 0 Å². The summed E-state index contributed by atoms with van der Waals surface area (Å²) in [4.78, 5) is 9.84. The minimum Gasteiger partial charge on any atom is -0.480 e. The predicted molar refractivity (Wildman–Crippen MR) is 33.5 cm³/mol. The molecule has 0 spiro atoms. The van der Waals surface area contributed by atoms with E-state index in [0.717, 1.165) is 6.92 Å². The summed E-state index contributed by atoms with van der Waals surface area (Å²) in [6.07, 6.45) is 0. The molecule has 1 atom stereocenters. The Morgan fingerprint density at radius 3 is 2.10 bits per heavy atom. The Kier molecular flexibility index (Phi) is 6.59. The monoisotopic (exact) mass is 175 g/mol. The molecule has 0 aromatic heterocycles. The van der Waals surface area contributed by atoms with Crippen molar-refractivity contribution in [1.82, 2.24) is 5.32 Å². The maximum Gasteiger partial charge on any atom is 0.320 e. The zero-order valence-electron chi connectivity index (χ0n) is 5.17. The molecule has 3 nitrogen and oxygen atoms in total. The summed E-state index contributed by atoms with van der Waals surface area (Å²) in [5, 5.41) is 9.54. The van der Waals surface area contributed by atoms with Crippen LogP contribution in [0.1, 0.15) is 6.92 Å².